The Balaban J connectivity index is 2.89. The Morgan fingerprint density at radius 3 is 2.56 bits per heavy atom. The standard InChI is InChI=1S/C11H17N3O4/c1-4-14(6-7(2)10(16)17)9(15)8-5-12-11(18)13(8)3/h5,7H,4,6H2,1-3H3,(H,12,18)(H,16,17). The second-order valence-corrected chi connectivity index (χ2v) is 4.12. The number of carbonyl (C=O) groups is 2. The molecule has 1 atom stereocenters. The fraction of sp³-hybridized carbons (Fsp3) is 0.545. The quantitative estimate of drug-likeness (QED) is 0.767. The van der Waals surface area contributed by atoms with Crippen LogP contribution in [0.15, 0.2) is 11.0 Å². The van der Waals surface area contributed by atoms with E-state index in [9.17, 15) is 14.4 Å². The van der Waals surface area contributed by atoms with Crippen LogP contribution in [0.25, 0.3) is 0 Å². The van der Waals surface area contributed by atoms with E-state index in [1.54, 1.807) is 6.92 Å². The van der Waals surface area contributed by atoms with Gasteiger partial charge in [0.2, 0.25) is 0 Å². The van der Waals surface area contributed by atoms with E-state index in [-0.39, 0.29) is 23.8 Å². The summed E-state index contributed by atoms with van der Waals surface area (Å²) in [5.41, 5.74) is -0.153. The van der Waals surface area contributed by atoms with Crippen molar-refractivity contribution in [2.45, 2.75) is 13.8 Å². The molecule has 0 aromatic carbocycles. The number of carboxylic acid groups (broad SMARTS) is 1. The maximum absolute atomic E-state index is 12.1. The average molecular weight is 255 g/mol. The lowest BCUT2D eigenvalue weighted by molar-refractivity contribution is -0.141. The van der Waals surface area contributed by atoms with Crippen molar-refractivity contribution in [3.05, 3.63) is 22.4 Å². The van der Waals surface area contributed by atoms with Gasteiger partial charge in [-0.1, -0.05) is 6.92 Å². The molecule has 7 nitrogen and oxygen atoms in total. The first kappa shape index (κ1) is 14.0. The third-order valence-electron chi connectivity index (χ3n) is 2.80. The van der Waals surface area contributed by atoms with E-state index in [1.165, 1.54) is 29.6 Å². The van der Waals surface area contributed by atoms with Crippen LogP contribution in [-0.2, 0) is 11.8 Å². The maximum Gasteiger partial charge on any atom is 0.325 e. The molecule has 100 valence electrons. The lowest BCUT2D eigenvalue weighted by Gasteiger charge is -2.22. The Bertz CT molecular complexity index is 503. The fourth-order valence-electron chi connectivity index (χ4n) is 1.56. The van der Waals surface area contributed by atoms with Gasteiger partial charge in [0, 0.05) is 26.3 Å². The van der Waals surface area contributed by atoms with Crippen LogP contribution < -0.4 is 5.69 Å². The van der Waals surface area contributed by atoms with Gasteiger partial charge >= 0.3 is 11.7 Å². The number of carbonyl (C=O) groups excluding carboxylic acids is 1. The molecule has 0 saturated carbocycles. The highest BCUT2D eigenvalue weighted by Crippen LogP contribution is 2.06. The fourth-order valence-corrected chi connectivity index (χ4v) is 1.56. The number of imidazole rings is 1. The number of amides is 1. The Labute approximate surface area is 104 Å². The first-order chi connectivity index (χ1) is 8.38. The van der Waals surface area contributed by atoms with Gasteiger partial charge in [-0.25, -0.2) is 4.79 Å². The molecule has 1 heterocycles. The van der Waals surface area contributed by atoms with Gasteiger partial charge in [-0.2, -0.15) is 0 Å². The van der Waals surface area contributed by atoms with E-state index in [1.807, 2.05) is 0 Å². The average Bonchev–Trinajstić information content (AvgIpc) is 2.65. The second kappa shape index (κ2) is 5.52. The normalized spacial score (nSPS) is 12.2. The number of nitrogens with one attached hydrogen (secondary N) is 1. The van der Waals surface area contributed by atoms with Gasteiger partial charge in [0.15, 0.2) is 0 Å². The third-order valence-corrected chi connectivity index (χ3v) is 2.80. The van der Waals surface area contributed by atoms with Crippen LogP contribution in [0.2, 0.25) is 0 Å². The summed E-state index contributed by atoms with van der Waals surface area (Å²) in [5, 5.41) is 8.84. The molecule has 0 radical (unpaired) electrons. The molecule has 1 amide bonds. The predicted octanol–water partition coefficient (Wildman–Crippen LogP) is -0.104. The summed E-state index contributed by atoms with van der Waals surface area (Å²) in [6.07, 6.45) is 1.33. The van der Waals surface area contributed by atoms with E-state index in [0.29, 0.717) is 6.54 Å². The van der Waals surface area contributed by atoms with E-state index in [0.717, 1.165) is 0 Å². The molecule has 2 N–H and O–H groups in total. The highest BCUT2D eigenvalue weighted by Gasteiger charge is 2.22. The molecule has 1 rings (SSSR count). The van der Waals surface area contributed by atoms with Gasteiger partial charge in [0.1, 0.15) is 5.69 Å². The number of aromatic nitrogens is 2. The van der Waals surface area contributed by atoms with E-state index >= 15 is 0 Å². The van der Waals surface area contributed by atoms with Crippen molar-refractivity contribution in [1.82, 2.24) is 14.5 Å². The van der Waals surface area contributed by atoms with Crippen molar-refractivity contribution in [2.24, 2.45) is 13.0 Å². The number of aliphatic carboxylic acids is 1. The van der Waals surface area contributed by atoms with Crippen molar-refractivity contribution in [3.8, 4) is 0 Å². The first-order valence-electron chi connectivity index (χ1n) is 5.65. The number of hydrogen-bond acceptors (Lipinski definition) is 3. The minimum Gasteiger partial charge on any atom is -0.481 e. The highest BCUT2D eigenvalue weighted by molar-refractivity contribution is 5.92. The Hall–Kier alpha value is -2.05. The van der Waals surface area contributed by atoms with Gasteiger partial charge in [-0.15, -0.1) is 0 Å². The number of H-pyrrole nitrogens is 1. The zero-order valence-corrected chi connectivity index (χ0v) is 10.6. The summed E-state index contributed by atoms with van der Waals surface area (Å²) in [7, 11) is 1.49. The van der Waals surface area contributed by atoms with Crippen LogP contribution in [0, 0.1) is 5.92 Å². The molecule has 7 heteroatoms. The molecule has 0 spiro atoms. The Morgan fingerprint density at radius 2 is 2.17 bits per heavy atom. The van der Waals surface area contributed by atoms with E-state index in [2.05, 4.69) is 4.98 Å². The van der Waals surface area contributed by atoms with Gasteiger partial charge in [-0.3, -0.25) is 14.2 Å². The second-order valence-electron chi connectivity index (χ2n) is 4.12. The first-order valence-corrected chi connectivity index (χ1v) is 5.65. The maximum atomic E-state index is 12.1. The summed E-state index contributed by atoms with van der Waals surface area (Å²) < 4.78 is 1.20. The Morgan fingerprint density at radius 1 is 1.56 bits per heavy atom. The highest BCUT2D eigenvalue weighted by atomic mass is 16.4. The van der Waals surface area contributed by atoms with Crippen molar-refractivity contribution < 1.29 is 14.7 Å². The molecule has 1 aromatic rings. The summed E-state index contributed by atoms with van der Waals surface area (Å²) in [6.45, 7) is 3.80. The monoisotopic (exact) mass is 255 g/mol. The number of nitrogens with zero attached hydrogens (tertiary/aromatic N) is 2. The molecule has 0 bridgehead atoms. The Kier molecular flexibility index (Phi) is 4.30. The van der Waals surface area contributed by atoms with Crippen molar-refractivity contribution >= 4 is 11.9 Å². The summed E-state index contributed by atoms with van der Waals surface area (Å²) in [5.74, 6) is -1.96. The van der Waals surface area contributed by atoms with Crippen LogP contribution >= 0.6 is 0 Å². The SMILES string of the molecule is CCN(CC(C)C(=O)O)C(=O)c1c[nH]c(=O)n1C. The number of carboxylic acids is 1. The van der Waals surface area contributed by atoms with Crippen LogP contribution in [0.3, 0.4) is 0 Å². The predicted molar refractivity (Wildman–Crippen MR) is 64.4 cm³/mol. The minimum atomic E-state index is -0.954. The van der Waals surface area contributed by atoms with Gasteiger partial charge < -0.3 is 15.0 Å². The van der Waals surface area contributed by atoms with Gasteiger partial charge in [-0.05, 0) is 6.92 Å². The lowest BCUT2D eigenvalue weighted by Crippen LogP contribution is -2.38. The molecule has 1 aromatic heterocycles. The van der Waals surface area contributed by atoms with Crippen LogP contribution in [-0.4, -0.2) is 44.5 Å². The molecule has 0 fully saturated rings. The molecule has 18 heavy (non-hydrogen) atoms. The number of hydrogen-bond donors (Lipinski definition) is 2. The molecule has 0 aliphatic carbocycles. The van der Waals surface area contributed by atoms with Crippen molar-refractivity contribution in [1.29, 1.82) is 0 Å². The summed E-state index contributed by atoms with van der Waals surface area (Å²) in [4.78, 5) is 38.0. The molecular formula is C11H17N3O4. The van der Waals surface area contributed by atoms with Crippen molar-refractivity contribution in [2.75, 3.05) is 13.1 Å². The van der Waals surface area contributed by atoms with Crippen LogP contribution in [0.4, 0.5) is 0 Å². The van der Waals surface area contributed by atoms with Gasteiger partial charge in [0.05, 0.1) is 5.92 Å². The third kappa shape index (κ3) is 2.79. The number of rotatable bonds is 5. The van der Waals surface area contributed by atoms with Crippen molar-refractivity contribution in [3.63, 3.8) is 0 Å². The minimum absolute atomic E-state index is 0.115. The topological polar surface area (TPSA) is 95.4 Å². The summed E-state index contributed by atoms with van der Waals surface area (Å²) in [6, 6.07) is 0. The molecule has 0 aliphatic rings. The zero-order chi connectivity index (χ0) is 13.9. The molecular weight excluding hydrogens is 238 g/mol. The van der Waals surface area contributed by atoms with E-state index < -0.39 is 11.9 Å². The zero-order valence-electron chi connectivity index (χ0n) is 10.6. The largest absolute Gasteiger partial charge is 0.481 e. The lowest BCUT2D eigenvalue weighted by atomic mass is 10.1. The molecule has 0 saturated heterocycles. The molecule has 1 unspecified atom stereocenters. The molecule has 0 aliphatic heterocycles. The number of aromatic amines is 1. The van der Waals surface area contributed by atoms with Crippen LogP contribution in [0.5, 0.6) is 0 Å². The summed E-state index contributed by atoms with van der Waals surface area (Å²) >= 11 is 0. The van der Waals surface area contributed by atoms with Gasteiger partial charge in [0.25, 0.3) is 5.91 Å². The van der Waals surface area contributed by atoms with E-state index in [4.69, 9.17) is 5.11 Å². The smallest absolute Gasteiger partial charge is 0.325 e. The van der Waals surface area contributed by atoms with Crippen LogP contribution in [0.1, 0.15) is 24.3 Å².